The molecule has 0 saturated carbocycles. The second kappa shape index (κ2) is 11.0. The molecule has 2 nitrogen and oxygen atoms in total. The van der Waals surface area contributed by atoms with Crippen LogP contribution in [0.2, 0.25) is 0 Å². The van der Waals surface area contributed by atoms with Gasteiger partial charge in [-0.1, -0.05) is 51.9 Å². The molecule has 0 aromatic heterocycles. The van der Waals surface area contributed by atoms with Crippen LogP contribution in [0.4, 0.5) is 0 Å². The minimum atomic E-state index is 0.199. The Bertz CT molecular complexity index is 184. The first-order valence-electron chi connectivity index (χ1n) is 6.70. The second-order valence-electron chi connectivity index (χ2n) is 4.46. The second-order valence-corrected chi connectivity index (χ2v) is 4.46. The Morgan fingerprint density at radius 2 is 1.88 bits per heavy atom. The highest BCUT2D eigenvalue weighted by atomic mass is 15.0. The summed E-state index contributed by atoms with van der Waals surface area (Å²) in [5, 5.41) is 3.47. The highest BCUT2D eigenvalue weighted by molar-refractivity contribution is 4.99. The Morgan fingerprint density at radius 1 is 1.12 bits per heavy atom. The van der Waals surface area contributed by atoms with Crippen molar-refractivity contribution < 1.29 is 0 Å². The number of hydrogen-bond acceptors (Lipinski definition) is 2. The molecule has 0 heterocycles. The molecule has 0 rings (SSSR count). The van der Waals surface area contributed by atoms with Gasteiger partial charge in [0.05, 0.1) is 6.04 Å². The minimum Gasteiger partial charge on any atom is -0.329 e. The Kier molecular flexibility index (Phi) is 10.6. The lowest BCUT2D eigenvalue weighted by Gasteiger charge is -2.21. The molecular weight excluding hydrogens is 196 g/mol. The average molecular weight is 224 g/mol. The van der Waals surface area contributed by atoms with Gasteiger partial charge in [-0.2, -0.15) is 0 Å². The van der Waals surface area contributed by atoms with E-state index >= 15 is 0 Å². The fourth-order valence-electron chi connectivity index (χ4n) is 1.87. The van der Waals surface area contributed by atoms with E-state index in [1.165, 1.54) is 25.7 Å². The van der Waals surface area contributed by atoms with Crippen LogP contribution in [0, 0.1) is 12.3 Å². The highest BCUT2D eigenvalue weighted by Crippen LogP contribution is 2.06. The van der Waals surface area contributed by atoms with Gasteiger partial charge in [0.1, 0.15) is 0 Å². The van der Waals surface area contributed by atoms with Crippen LogP contribution in [0.15, 0.2) is 0 Å². The molecule has 0 aliphatic rings. The van der Waals surface area contributed by atoms with Crippen LogP contribution in [0.1, 0.15) is 58.8 Å². The smallest absolute Gasteiger partial charge is 0.0689 e. The zero-order valence-electron chi connectivity index (χ0n) is 11.0. The van der Waals surface area contributed by atoms with E-state index in [0.717, 1.165) is 19.3 Å². The highest BCUT2D eigenvalue weighted by Gasteiger charge is 2.10. The maximum absolute atomic E-state index is 5.76. The molecule has 2 unspecified atom stereocenters. The van der Waals surface area contributed by atoms with Crippen molar-refractivity contribution in [1.29, 1.82) is 0 Å². The molecule has 0 aromatic carbocycles. The fraction of sp³-hybridized carbons (Fsp3) is 0.857. The van der Waals surface area contributed by atoms with Crippen molar-refractivity contribution in [1.82, 2.24) is 5.32 Å². The molecule has 0 amide bonds. The predicted molar refractivity (Wildman–Crippen MR) is 72.3 cm³/mol. The molecule has 0 fully saturated rings. The van der Waals surface area contributed by atoms with Crippen molar-refractivity contribution in [3.05, 3.63) is 0 Å². The zero-order valence-corrected chi connectivity index (χ0v) is 11.0. The molecule has 94 valence electrons. The van der Waals surface area contributed by atoms with Crippen molar-refractivity contribution in [3.63, 3.8) is 0 Å². The normalized spacial score (nSPS) is 14.4. The SMILES string of the molecule is C#CC(CCC)NC(CN)CCCCCC. The van der Waals surface area contributed by atoms with Crippen LogP contribution < -0.4 is 11.1 Å². The Labute approximate surface area is 101 Å². The lowest BCUT2D eigenvalue weighted by molar-refractivity contribution is 0.424. The molecule has 0 bridgehead atoms. The van der Waals surface area contributed by atoms with Crippen LogP contribution in [0.3, 0.4) is 0 Å². The molecule has 0 aliphatic carbocycles. The van der Waals surface area contributed by atoms with E-state index in [1.807, 2.05) is 0 Å². The van der Waals surface area contributed by atoms with Gasteiger partial charge in [-0.3, -0.25) is 5.32 Å². The van der Waals surface area contributed by atoms with Crippen LogP contribution >= 0.6 is 0 Å². The van der Waals surface area contributed by atoms with Gasteiger partial charge in [0.15, 0.2) is 0 Å². The monoisotopic (exact) mass is 224 g/mol. The van der Waals surface area contributed by atoms with Gasteiger partial charge in [0.25, 0.3) is 0 Å². The summed E-state index contributed by atoms with van der Waals surface area (Å²) in [6.45, 7) is 5.08. The molecule has 0 radical (unpaired) electrons. The lowest BCUT2D eigenvalue weighted by Crippen LogP contribution is -2.42. The number of nitrogens with one attached hydrogen (secondary N) is 1. The summed E-state index contributed by atoms with van der Waals surface area (Å²) in [5.74, 6) is 2.80. The summed E-state index contributed by atoms with van der Waals surface area (Å²) in [6.07, 6.45) is 14.0. The average Bonchev–Trinajstić information content (AvgIpc) is 2.31. The quantitative estimate of drug-likeness (QED) is 0.442. The van der Waals surface area contributed by atoms with Crippen molar-refractivity contribution >= 4 is 0 Å². The van der Waals surface area contributed by atoms with Gasteiger partial charge in [-0.15, -0.1) is 6.42 Å². The standard InChI is InChI=1S/C14H28N2/c1-4-7-8-9-11-14(12-15)16-13(6-3)10-5-2/h3,13-14,16H,4-5,7-12,15H2,1-2H3. The third-order valence-corrected chi connectivity index (χ3v) is 2.91. The van der Waals surface area contributed by atoms with Crippen molar-refractivity contribution in [2.24, 2.45) is 5.73 Å². The zero-order chi connectivity index (χ0) is 12.2. The Balaban J connectivity index is 3.76. The van der Waals surface area contributed by atoms with Crippen LogP contribution in [0.5, 0.6) is 0 Å². The van der Waals surface area contributed by atoms with Gasteiger partial charge in [0, 0.05) is 12.6 Å². The van der Waals surface area contributed by atoms with E-state index in [1.54, 1.807) is 0 Å². The molecule has 16 heavy (non-hydrogen) atoms. The first kappa shape index (κ1) is 15.5. The van der Waals surface area contributed by atoms with Crippen LogP contribution in [-0.4, -0.2) is 18.6 Å². The molecule has 0 aliphatic heterocycles. The molecule has 0 spiro atoms. The van der Waals surface area contributed by atoms with Crippen LogP contribution in [-0.2, 0) is 0 Å². The van der Waals surface area contributed by atoms with Gasteiger partial charge >= 0.3 is 0 Å². The van der Waals surface area contributed by atoms with E-state index < -0.39 is 0 Å². The maximum atomic E-state index is 5.76. The molecule has 0 saturated heterocycles. The van der Waals surface area contributed by atoms with Gasteiger partial charge in [0.2, 0.25) is 0 Å². The summed E-state index contributed by atoms with van der Waals surface area (Å²) < 4.78 is 0. The third-order valence-electron chi connectivity index (χ3n) is 2.91. The number of hydrogen-bond donors (Lipinski definition) is 2. The maximum Gasteiger partial charge on any atom is 0.0689 e. The molecule has 0 aromatic rings. The summed E-state index contributed by atoms with van der Waals surface area (Å²) in [7, 11) is 0. The molecule has 2 heteroatoms. The Hall–Kier alpha value is -0.520. The summed E-state index contributed by atoms with van der Waals surface area (Å²) in [5.41, 5.74) is 5.76. The molecule has 3 N–H and O–H groups in total. The van der Waals surface area contributed by atoms with Gasteiger partial charge in [-0.05, 0) is 12.8 Å². The Morgan fingerprint density at radius 3 is 2.38 bits per heavy atom. The summed E-state index contributed by atoms with van der Waals surface area (Å²) >= 11 is 0. The first-order chi connectivity index (χ1) is 7.78. The number of rotatable bonds is 10. The number of nitrogens with two attached hydrogens (primary N) is 1. The minimum absolute atomic E-state index is 0.199. The fourth-order valence-corrected chi connectivity index (χ4v) is 1.87. The largest absolute Gasteiger partial charge is 0.329 e. The summed E-state index contributed by atoms with van der Waals surface area (Å²) in [6, 6.07) is 0.592. The van der Waals surface area contributed by atoms with E-state index in [0.29, 0.717) is 12.6 Å². The molecule has 2 atom stereocenters. The topological polar surface area (TPSA) is 38.0 Å². The molecular formula is C14H28N2. The van der Waals surface area contributed by atoms with Crippen molar-refractivity contribution in [2.75, 3.05) is 6.54 Å². The van der Waals surface area contributed by atoms with Crippen molar-refractivity contribution in [3.8, 4) is 12.3 Å². The van der Waals surface area contributed by atoms with E-state index in [2.05, 4.69) is 25.1 Å². The van der Waals surface area contributed by atoms with E-state index in [4.69, 9.17) is 12.2 Å². The summed E-state index contributed by atoms with van der Waals surface area (Å²) in [4.78, 5) is 0. The van der Waals surface area contributed by atoms with Crippen molar-refractivity contribution in [2.45, 2.75) is 70.9 Å². The lowest BCUT2D eigenvalue weighted by atomic mass is 10.1. The predicted octanol–water partition coefficient (Wildman–Crippen LogP) is 2.68. The number of unbranched alkanes of at least 4 members (excludes halogenated alkanes) is 3. The van der Waals surface area contributed by atoms with E-state index in [-0.39, 0.29) is 6.04 Å². The van der Waals surface area contributed by atoms with Gasteiger partial charge in [-0.25, -0.2) is 0 Å². The van der Waals surface area contributed by atoms with Crippen LogP contribution in [0.25, 0.3) is 0 Å². The third kappa shape index (κ3) is 7.73. The van der Waals surface area contributed by atoms with E-state index in [9.17, 15) is 0 Å². The number of terminal acetylenes is 1. The first-order valence-corrected chi connectivity index (χ1v) is 6.70. The van der Waals surface area contributed by atoms with Gasteiger partial charge < -0.3 is 5.73 Å².